The Bertz CT molecular complexity index is 978. The number of hydrogen-bond donors (Lipinski definition) is 1. The van der Waals surface area contributed by atoms with Crippen molar-refractivity contribution in [2.45, 2.75) is 31.0 Å². The van der Waals surface area contributed by atoms with Crippen molar-refractivity contribution >= 4 is 27.7 Å². The SMILES string of the molecule is CC1CN(S(=O)(=O)c2ccc(NC(=O)/C=C/c3ccc(F)cc3)cc2)CC(C)O1. The second-order valence-electron chi connectivity index (χ2n) is 6.98. The number of benzene rings is 2. The third kappa shape index (κ3) is 5.50. The Hall–Kier alpha value is -2.55. The predicted octanol–water partition coefficient (Wildman–Crippen LogP) is 3.28. The molecule has 2 atom stereocenters. The number of anilines is 1. The fraction of sp³-hybridized carbons (Fsp3) is 0.286. The number of halogens is 1. The molecule has 2 unspecified atom stereocenters. The van der Waals surface area contributed by atoms with Crippen molar-refractivity contribution in [3.8, 4) is 0 Å². The number of carbonyl (C=O) groups is 1. The van der Waals surface area contributed by atoms with E-state index in [0.29, 0.717) is 24.3 Å². The molecule has 0 radical (unpaired) electrons. The Labute approximate surface area is 170 Å². The Morgan fingerprint density at radius 3 is 2.24 bits per heavy atom. The summed E-state index contributed by atoms with van der Waals surface area (Å²) in [5.74, 6) is -0.719. The predicted molar refractivity (Wildman–Crippen MR) is 109 cm³/mol. The molecule has 0 bridgehead atoms. The summed E-state index contributed by atoms with van der Waals surface area (Å²) in [5, 5.41) is 2.67. The molecule has 0 spiro atoms. The zero-order valence-electron chi connectivity index (χ0n) is 16.2. The van der Waals surface area contributed by atoms with E-state index in [0.717, 1.165) is 0 Å². The average Bonchev–Trinajstić information content (AvgIpc) is 2.67. The highest BCUT2D eigenvalue weighted by molar-refractivity contribution is 7.89. The van der Waals surface area contributed by atoms with E-state index in [1.807, 2.05) is 13.8 Å². The smallest absolute Gasteiger partial charge is 0.248 e. The minimum Gasteiger partial charge on any atom is -0.373 e. The molecule has 154 valence electrons. The van der Waals surface area contributed by atoms with Crippen molar-refractivity contribution in [2.75, 3.05) is 18.4 Å². The molecule has 0 saturated carbocycles. The van der Waals surface area contributed by atoms with Crippen molar-refractivity contribution in [2.24, 2.45) is 0 Å². The van der Waals surface area contributed by atoms with Gasteiger partial charge in [0.2, 0.25) is 15.9 Å². The second kappa shape index (κ2) is 8.86. The number of nitrogens with one attached hydrogen (secondary N) is 1. The van der Waals surface area contributed by atoms with Crippen molar-refractivity contribution in [1.29, 1.82) is 0 Å². The van der Waals surface area contributed by atoms with E-state index in [2.05, 4.69) is 5.32 Å². The van der Waals surface area contributed by atoms with Crippen LogP contribution in [-0.2, 0) is 19.6 Å². The van der Waals surface area contributed by atoms with E-state index in [4.69, 9.17) is 4.74 Å². The van der Waals surface area contributed by atoms with Crippen LogP contribution in [-0.4, -0.2) is 43.9 Å². The molecule has 1 aliphatic rings. The lowest BCUT2D eigenvalue weighted by Crippen LogP contribution is -2.48. The van der Waals surface area contributed by atoms with Crippen LogP contribution in [0.3, 0.4) is 0 Å². The van der Waals surface area contributed by atoms with Gasteiger partial charge in [0.05, 0.1) is 17.1 Å². The molecule has 0 aliphatic carbocycles. The summed E-state index contributed by atoms with van der Waals surface area (Å²) >= 11 is 0. The first-order valence-electron chi connectivity index (χ1n) is 9.24. The summed E-state index contributed by atoms with van der Waals surface area (Å²) in [6, 6.07) is 11.8. The van der Waals surface area contributed by atoms with Crippen molar-refractivity contribution < 1.29 is 22.3 Å². The molecule has 0 aromatic heterocycles. The first-order chi connectivity index (χ1) is 13.7. The monoisotopic (exact) mass is 418 g/mol. The molecular formula is C21H23FN2O4S. The zero-order valence-corrected chi connectivity index (χ0v) is 17.0. The zero-order chi connectivity index (χ0) is 21.0. The molecule has 1 amide bonds. The van der Waals surface area contributed by atoms with Crippen LogP contribution in [0.1, 0.15) is 19.4 Å². The number of rotatable bonds is 5. The van der Waals surface area contributed by atoms with E-state index in [-0.39, 0.29) is 28.8 Å². The topological polar surface area (TPSA) is 75.7 Å². The molecular weight excluding hydrogens is 395 g/mol. The maximum absolute atomic E-state index is 12.9. The van der Waals surface area contributed by atoms with E-state index in [1.54, 1.807) is 30.3 Å². The minimum absolute atomic E-state index is 0.165. The third-order valence-corrected chi connectivity index (χ3v) is 6.29. The van der Waals surface area contributed by atoms with E-state index >= 15 is 0 Å². The van der Waals surface area contributed by atoms with Gasteiger partial charge in [-0.3, -0.25) is 4.79 Å². The molecule has 8 heteroatoms. The lowest BCUT2D eigenvalue weighted by atomic mass is 10.2. The van der Waals surface area contributed by atoms with Crippen LogP contribution in [0.15, 0.2) is 59.5 Å². The molecule has 6 nitrogen and oxygen atoms in total. The number of morpholine rings is 1. The molecule has 1 heterocycles. The van der Waals surface area contributed by atoms with E-state index < -0.39 is 10.0 Å². The summed E-state index contributed by atoms with van der Waals surface area (Å²) in [4.78, 5) is 12.2. The van der Waals surface area contributed by atoms with Gasteiger partial charge in [0.1, 0.15) is 5.82 Å². The Balaban J connectivity index is 1.65. The summed E-state index contributed by atoms with van der Waals surface area (Å²) < 4.78 is 45.6. The fourth-order valence-corrected chi connectivity index (χ4v) is 4.71. The highest BCUT2D eigenvalue weighted by Gasteiger charge is 2.32. The number of amides is 1. The molecule has 1 fully saturated rings. The molecule has 1 aliphatic heterocycles. The molecule has 1 N–H and O–H groups in total. The molecule has 1 saturated heterocycles. The van der Waals surface area contributed by atoms with Crippen LogP contribution in [0.4, 0.5) is 10.1 Å². The minimum atomic E-state index is -3.63. The summed E-state index contributed by atoms with van der Waals surface area (Å²) in [6.07, 6.45) is 2.56. The standard InChI is InChI=1S/C21H23FN2O4S/c1-15-13-24(14-16(2)28-15)29(26,27)20-10-8-19(9-11-20)23-21(25)12-5-17-3-6-18(22)7-4-17/h3-12,15-16H,13-14H2,1-2H3,(H,23,25)/b12-5+. The van der Waals surface area contributed by atoms with Crippen molar-refractivity contribution in [1.82, 2.24) is 4.31 Å². The average molecular weight is 418 g/mol. The van der Waals surface area contributed by atoms with Gasteiger partial charge in [-0.2, -0.15) is 4.31 Å². The van der Waals surface area contributed by atoms with Gasteiger partial charge < -0.3 is 10.1 Å². The Morgan fingerprint density at radius 2 is 1.66 bits per heavy atom. The van der Waals surface area contributed by atoms with Gasteiger partial charge in [-0.05, 0) is 61.9 Å². The van der Waals surface area contributed by atoms with Crippen LogP contribution in [0, 0.1) is 5.82 Å². The van der Waals surface area contributed by atoms with Gasteiger partial charge in [0.15, 0.2) is 0 Å². The van der Waals surface area contributed by atoms with Crippen molar-refractivity contribution in [3.05, 3.63) is 66.0 Å². The first-order valence-corrected chi connectivity index (χ1v) is 10.7. The van der Waals surface area contributed by atoms with Crippen LogP contribution >= 0.6 is 0 Å². The maximum Gasteiger partial charge on any atom is 0.248 e. The Morgan fingerprint density at radius 1 is 1.07 bits per heavy atom. The number of carbonyl (C=O) groups excluding carboxylic acids is 1. The quantitative estimate of drug-likeness (QED) is 0.756. The molecule has 29 heavy (non-hydrogen) atoms. The third-order valence-electron chi connectivity index (χ3n) is 4.44. The number of nitrogens with zero attached hydrogens (tertiary/aromatic N) is 1. The fourth-order valence-electron chi connectivity index (χ4n) is 3.12. The normalized spacial score (nSPS) is 20.7. The van der Waals surface area contributed by atoms with E-state index in [9.17, 15) is 17.6 Å². The van der Waals surface area contributed by atoms with Gasteiger partial charge in [-0.25, -0.2) is 12.8 Å². The largest absolute Gasteiger partial charge is 0.373 e. The van der Waals surface area contributed by atoms with Crippen LogP contribution < -0.4 is 5.32 Å². The summed E-state index contributed by atoms with van der Waals surface area (Å²) in [6.45, 7) is 4.30. The van der Waals surface area contributed by atoms with Crippen LogP contribution in [0.25, 0.3) is 6.08 Å². The lowest BCUT2D eigenvalue weighted by molar-refractivity contribution is -0.111. The van der Waals surface area contributed by atoms with Crippen molar-refractivity contribution in [3.63, 3.8) is 0 Å². The maximum atomic E-state index is 12.9. The molecule has 3 rings (SSSR count). The van der Waals surface area contributed by atoms with Gasteiger partial charge in [0.25, 0.3) is 0 Å². The molecule has 2 aromatic carbocycles. The van der Waals surface area contributed by atoms with Gasteiger partial charge in [-0.15, -0.1) is 0 Å². The number of sulfonamides is 1. The highest BCUT2D eigenvalue weighted by atomic mass is 32.2. The molecule has 2 aromatic rings. The highest BCUT2D eigenvalue weighted by Crippen LogP contribution is 2.22. The van der Waals surface area contributed by atoms with E-state index in [1.165, 1.54) is 34.6 Å². The van der Waals surface area contributed by atoms with Gasteiger partial charge in [0, 0.05) is 24.9 Å². The number of ether oxygens (including phenoxy) is 1. The van der Waals surface area contributed by atoms with Crippen LogP contribution in [0.5, 0.6) is 0 Å². The van der Waals surface area contributed by atoms with Crippen LogP contribution in [0.2, 0.25) is 0 Å². The first kappa shape index (κ1) is 21.2. The Kier molecular flexibility index (Phi) is 6.46. The van der Waals surface area contributed by atoms with Gasteiger partial charge >= 0.3 is 0 Å². The lowest BCUT2D eigenvalue weighted by Gasteiger charge is -2.34. The number of hydrogen-bond acceptors (Lipinski definition) is 4. The summed E-state index contributed by atoms with van der Waals surface area (Å²) in [5.41, 5.74) is 1.17. The van der Waals surface area contributed by atoms with Gasteiger partial charge in [-0.1, -0.05) is 12.1 Å². The second-order valence-corrected chi connectivity index (χ2v) is 8.92. The summed E-state index contributed by atoms with van der Waals surface area (Å²) in [7, 11) is -3.63.